The Balaban J connectivity index is 2.47. The minimum atomic E-state index is -0.267. The van der Waals surface area contributed by atoms with E-state index in [-0.39, 0.29) is 11.9 Å². The molecule has 0 aliphatic carbocycles. The quantitative estimate of drug-likeness (QED) is 0.798. The molecule has 0 saturated carbocycles. The summed E-state index contributed by atoms with van der Waals surface area (Å²) in [6.45, 7) is 3.62. The van der Waals surface area contributed by atoms with E-state index in [0.29, 0.717) is 27.1 Å². The van der Waals surface area contributed by atoms with Crippen LogP contribution in [-0.4, -0.2) is 7.05 Å². The van der Waals surface area contributed by atoms with E-state index in [0.717, 1.165) is 5.56 Å². The molecular weight excluding hydrogens is 312 g/mol. The zero-order valence-electron chi connectivity index (χ0n) is 12.0. The molecule has 0 bridgehead atoms. The summed E-state index contributed by atoms with van der Waals surface area (Å²) in [7, 11) is 1.80. The Morgan fingerprint density at radius 2 is 1.90 bits per heavy atom. The molecule has 2 nitrogen and oxygen atoms in total. The number of rotatable bonds is 4. The lowest BCUT2D eigenvalue weighted by Gasteiger charge is -2.18. The third-order valence-corrected chi connectivity index (χ3v) is 4.13. The Labute approximate surface area is 133 Å². The van der Waals surface area contributed by atoms with Crippen molar-refractivity contribution in [1.82, 2.24) is 5.32 Å². The Hall–Kier alpha value is -1.29. The molecule has 2 aromatic rings. The van der Waals surface area contributed by atoms with Gasteiger partial charge in [0.15, 0.2) is 0 Å². The van der Waals surface area contributed by atoms with Gasteiger partial charge in [-0.2, -0.15) is 0 Å². The molecule has 2 rings (SSSR count). The van der Waals surface area contributed by atoms with E-state index in [2.05, 4.69) is 5.32 Å². The molecule has 1 atom stereocenters. The number of ether oxygens (including phenoxy) is 1. The van der Waals surface area contributed by atoms with Gasteiger partial charge < -0.3 is 10.1 Å². The van der Waals surface area contributed by atoms with Crippen LogP contribution >= 0.6 is 23.2 Å². The smallest absolute Gasteiger partial charge is 0.147 e. The van der Waals surface area contributed by atoms with E-state index in [4.69, 9.17) is 27.9 Å². The number of nitrogens with one attached hydrogen (secondary N) is 1. The Morgan fingerprint density at radius 3 is 2.57 bits per heavy atom. The van der Waals surface area contributed by atoms with E-state index in [1.165, 1.54) is 6.07 Å². The van der Waals surface area contributed by atoms with Crippen LogP contribution in [0.3, 0.4) is 0 Å². The van der Waals surface area contributed by atoms with Crippen molar-refractivity contribution in [3.8, 4) is 11.5 Å². The van der Waals surface area contributed by atoms with Gasteiger partial charge in [-0.1, -0.05) is 29.3 Å². The fourth-order valence-corrected chi connectivity index (χ4v) is 2.26. The maximum Gasteiger partial charge on any atom is 0.147 e. The Bertz CT molecular complexity index is 661. The van der Waals surface area contributed by atoms with Crippen LogP contribution in [0.15, 0.2) is 30.3 Å². The SMILES string of the molecule is CNC(C)c1cc(F)c(C)cc1Oc1cccc(Cl)c1Cl. The van der Waals surface area contributed by atoms with Gasteiger partial charge in [0.05, 0.1) is 5.02 Å². The first-order chi connectivity index (χ1) is 9.93. The molecule has 0 saturated heterocycles. The molecule has 0 heterocycles. The maximum absolute atomic E-state index is 13.8. The molecule has 0 amide bonds. The maximum atomic E-state index is 13.8. The molecule has 112 valence electrons. The van der Waals surface area contributed by atoms with Crippen LogP contribution in [-0.2, 0) is 0 Å². The average molecular weight is 328 g/mol. The van der Waals surface area contributed by atoms with Gasteiger partial charge in [-0.25, -0.2) is 4.39 Å². The summed E-state index contributed by atoms with van der Waals surface area (Å²) in [6, 6.07) is 8.24. The highest BCUT2D eigenvalue weighted by Gasteiger charge is 2.16. The van der Waals surface area contributed by atoms with Gasteiger partial charge in [0.25, 0.3) is 0 Å². The fraction of sp³-hybridized carbons (Fsp3) is 0.250. The molecule has 0 aliphatic heterocycles. The molecule has 0 aliphatic rings. The van der Waals surface area contributed by atoms with Crippen molar-refractivity contribution >= 4 is 23.2 Å². The summed E-state index contributed by atoms with van der Waals surface area (Å²) in [4.78, 5) is 0. The van der Waals surface area contributed by atoms with Gasteiger partial charge in [0.2, 0.25) is 0 Å². The Morgan fingerprint density at radius 1 is 1.19 bits per heavy atom. The number of aryl methyl sites for hydroxylation is 1. The second-order valence-corrected chi connectivity index (χ2v) is 5.59. The molecule has 1 unspecified atom stereocenters. The van der Waals surface area contributed by atoms with Gasteiger partial charge in [0, 0.05) is 11.6 Å². The highest BCUT2D eigenvalue weighted by atomic mass is 35.5. The predicted molar refractivity (Wildman–Crippen MR) is 85.1 cm³/mol. The summed E-state index contributed by atoms with van der Waals surface area (Å²) in [5.41, 5.74) is 1.23. The molecule has 5 heteroatoms. The van der Waals surface area contributed by atoms with Crippen LogP contribution in [0, 0.1) is 12.7 Å². The lowest BCUT2D eigenvalue weighted by Crippen LogP contribution is -2.13. The normalized spacial score (nSPS) is 12.3. The number of halogens is 3. The first kappa shape index (κ1) is 16.1. The van der Waals surface area contributed by atoms with Crippen molar-refractivity contribution in [3.63, 3.8) is 0 Å². The fourth-order valence-electron chi connectivity index (χ4n) is 1.93. The Kier molecular flexibility index (Phi) is 5.09. The molecule has 0 fully saturated rings. The van der Waals surface area contributed by atoms with Gasteiger partial charge in [-0.15, -0.1) is 0 Å². The topological polar surface area (TPSA) is 21.3 Å². The van der Waals surface area contributed by atoms with E-state index in [9.17, 15) is 4.39 Å². The molecule has 2 aromatic carbocycles. The highest BCUT2D eigenvalue weighted by Crippen LogP contribution is 2.37. The summed E-state index contributed by atoms with van der Waals surface area (Å²) in [5.74, 6) is 0.733. The first-order valence-corrected chi connectivity index (χ1v) is 7.28. The lowest BCUT2D eigenvalue weighted by molar-refractivity contribution is 0.462. The minimum Gasteiger partial charge on any atom is -0.455 e. The number of hydrogen-bond acceptors (Lipinski definition) is 2. The van der Waals surface area contributed by atoms with Gasteiger partial charge in [-0.3, -0.25) is 0 Å². The molecule has 0 aromatic heterocycles. The molecule has 21 heavy (non-hydrogen) atoms. The zero-order valence-corrected chi connectivity index (χ0v) is 13.5. The summed E-state index contributed by atoms with van der Waals surface area (Å²) < 4.78 is 19.7. The average Bonchev–Trinajstić information content (AvgIpc) is 2.46. The number of hydrogen-bond donors (Lipinski definition) is 1. The van der Waals surface area contributed by atoms with Crippen molar-refractivity contribution in [2.45, 2.75) is 19.9 Å². The summed E-state index contributed by atoms with van der Waals surface area (Å²) in [5, 5.41) is 3.82. The van der Waals surface area contributed by atoms with E-state index in [1.807, 2.05) is 6.92 Å². The van der Waals surface area contributed by atoms with Crippen molar-refractivity contribution in [2.24, 2.45) is 0 Å². The predicted octanol–water partition coefficient (Wildman–Crippen LogP) is 5.51. The van der Waals surface area contributed by atoms with Gasteiger partial charge in [0.1, 0.15) is 22.3 Å². The third kappa shape index (κ3) is 3.49. The van der Waals surface area contributed by atoms with Crippen LogP contribution in [0.25, 0.3) is 0 Å². The second-order valence-electron chi connectivity index (χ2n) is 4.80. The van der Waals surface area contributed by atoms with Crippen LogP contribution in [0.2, 0.25) is 10.0 Å². The lowest BCUT2D eigenvalue weighted by atomic mass is 10.0. The van der Waals surface area contributed by atoms with E-state index < -0.39 is 0 Å². The zero-order chi connectivity index (χ0) is 15.6. The first-order valence-electron chi connectivity index (χ1n) is 6.53. The van der Waals surface area contributed by atoms with Crippen LogP contribution in [0.1, 0.15) is 24.1 Å². The molecule has 0 spiro atoms. The second kappa shape index (κ2) is 6.65. The minimum absolute atomic E-state index is 0.0620. The standard InChI is InChI=1S/C16H16Cl2FNO/c1-9-7-15(11(8-13(9)19)10(2)20-3)21-14-6-4-5-12(17)16(14)18/h4-8,10,20H,1-3H3. The van der Waals surface area contributed by atoms with E-state index >= 15 is 0 Å². The van der Waals surface area contributed by atoms with Crippen LogP contribution in [0.4, 0.5) is 4.39 Å². The van der Waals surface area contributed by atoms with Crippen LogP contribution < -0.4 is 10.1 Å². The molecular formula is C16H16Cl2FNO. The number of benzene rings is 2. The van der Waals surface area contributed by atoms with E-state index in [1.54, 1.807) is 38.2 Å². The van der Waals surface area contributed by atoms with Crippen molar-refractivity contribution in [1.29, 1.82) is 0 Å². The van der Waals surface area contributed by atoms with Crippen molar-refractivity contribution in [3.05, 3.63) is 57.3 Å². The summed E-state index contributed by atoms with van der Waals surface area (Å²) >= 11 is 12.1. The molecule has 1 N–H and O–H groups in total. The van der Waals surface area contributed by atoms with Crippen molar-refractivity contribution in [2.75, 3.05) is 7.05 Å². The van der Waals surface area contributed by atoms with Gasteiger partial charge in [-0.05, 0) is 50.7 Å². The monoisotopic (exact) mass is 327 g/mol. The summed E-state index contributed by atoms with van der Waals surface area (Å²) in [6.07, 6.45) is 0. The van der Waals surface area contributed by atoms with Crippen LogP contribution in [0.5, 0.6) is 11.5 Å². The molecule has 0 radical (unpaired) electrons. The van der Waals surface area contributed by atoms with Gasteiger partial charge >= 0.3 is 0 Å². The largest absolute Gasteiger partial charge is 0.455 e. The van der Waals surface area contributed by atoms with Crippen molar-refractivity contribution < 1.29 is 9.13 Å². The highest BCUT2D eigenvalue weighted by molar-refractivity contribution is 6.42. The third-order valence-electron chi connectivity index (χ3n) is 3.33.